The number of nitriles is 1. The van der Waals surface area contributed by atoms with Crippen LogP contribution in [0.1, 0.15) is 11.1 Å². The van der Waals surface area contributed by atoms with Gasteiger partial charge in [-0.3, -0.25) is 4.79 Å². The maximum absolute atomic E-state index is 11.7. The van der Waals surface area contributed by atoms with Crippen molar-refractivity contribution in [2.45, 2.75) is 0 Å². The molecule has 7 heteroatoms. The second-order valence-corrected chi connectivity index (χ2v) is 5.55. The van der Waals surface area contributed by atoms with Gasteiger partial charge in [-0.15, -0.1) is 0 Å². The Hall–Kier alpha value is -2.55. The standard InChI is InChI=1S/C17H14Cl2N4O/c18-14-5-3-12(10-15(14)19)4-6-16(24)21-8-9-23-17-13(11-20)2-1-7-22-17/h1-7,10H,8-9H2,(H,21,24)(H,22,23)/b6-4+. The number of pyridine rings is 1. The minimum absolute atomic E-state index is 0.232. The minimum atomic E-state index is -0.232. The van der Waals surface area contributed by atoms with E-state index in [2.05, 4.69) is 15.6 Å². The van der Waals surface area contributed by atoms with Gasteiger partial charge in [0, 0.05) is 25.4 Å². The molecule has 0 fully saturated rings. The Kier molecular flexibility index (Phi) is 6.62. The number of hydrogen-bond donors (Lipinski definition) is 2. The Labute approximate surface area is 149 Å². The summed E-state index contributed by atoms with van der Waals surface area (Å²) < 4.78 is 0. The number of benzene rings is 1. The number of carbonyl (C=O) groups excluding carboxylic acids is 1. The van der Waals surface area contributed by atoms with Gasteiger partial charge in [0.1, 0.15) is 11.9 Å². The van der Waals surface area contributed by atoms with E-state index in [1.54, 1.807) is 42.6 Å². The summed E-state index contributed by atoms with van der Waals surface area (Å²) in [5.74, 6) is 0.269. The van der Waals surface area contributed by atoms with Gasteiger partial charge in [0.15, 0.2) is 0 Å². The molecule has 1 heterocycles. The van der Waals surface area contributed by atoms with Gasteiger partial charge in [0.05, 0.1) is 15.6 Å². The van der Waals surface area contributed by atoms with Crippen molar-refractivity contribution in [1.29, 1.82) is 5.26 Å². The van der Waals surface area contributed by atoms with E-state index in [1.807, 2.05) is 6.07 Å². The molecule has 0 unspecified atom stereocenters. The van der Waals surface area contributed by atoms with Crippen LogP contribution in [-0.2, 0) is 4.79 Å². The van der Waals surface area contributed by atoms with Gasteiger partial charge in [0.2, 0.25) is 5.91 Å². The molecule has 1 aromatic heterocycles. The molecule has 122 valence electrons. The van der Waals surface area contributed by atoms with Gasteiger partial charge >= 0.3 is 0 Å². The fraction of sp³-hybridized carbons (Fsp3) is 0.118. The molecule has 0 atom stereocenters. The molecule has 0 saturated carbocycles. The molecule has 2 rings (SSSR count). The van der Waals surface area contributed by atoms with Crippen molar-refractivity contribution in [3.05, 3.63) is 63.8 Å². The number of nitrogens with zero attached hydrogens (tertiary/aromatic N) is 2. The van der Waals surface area contributed by atoms with Crippen molar-refractivity contribution < 1.29 is 4.79 Å². The predicted molar refractivity (Wildman–Crippen MR) is 95.9 cm³/mol. The predicted octanol–water partition coefficient (Wildman–Crippen LogP) is 3.50. The third-order valence-corrected chi connectivity index (χ3v) is 3.75. The number of nitrogens with one attached hydrogen (secondary N) is 2. The zero-order valence-electron chi connectivity index (χ0n) is 12.6. The fourth-order valence-corrected chi connectivity index (χ4v) is 2.16. The molecular formula is C17H14Cl2N4O. The number of hydrogen-bond acceptors (Lipinski definition) is 4. The summed E-state index contributed by atoms with van der Waals surface area (Å²) in [7, 11) is 0. The van der Waals surface area contributed by atoms with Gasteiger partial charge in [-0.2, -0.15) is 5.26 Å². The van der Waals surface area contributed by atoms with Crippen molar-refractivity contribution in [2.24, 2.45) is 0 Å². The average molecular weight is 361 g/mol. The second-order valence-electron chi connectivity index (χ2n) is 4.74. The average Bonchev–Trinajstić information content (AvgIpc) is 2.60. The summed E-state index contributed by atoms with van der Waals surface area (Å²) in [6.07, 6.45) is 4.67. The van der Waals surface area contributed by atoms with Crippen LogP contribution in [0, 0.1) is 11.3 Å². The molecule has 2 aromatic rings. The van der Waals surface area contributed by atoms with E-state index < -0.39 is 0 Å². The van der Waals surface area contributed by atoms with Crippen LogP contribution in [-0.4, -0.2) is 24.0 Å². The number of anilines is 1. The number of aromatic nitrogens is 1. The van der Waals surface area contributed by atoms with Crippen LogP contribution < -0.4 is 10.6 Å². The highest BCUT2D eigenvalue weighted by Gasteiger charge is 2.02. The Balaban J connectivity index is 1.78. The van der Waals surface area contributed by atoms with E-state index in [0.717, 1.165) is 5.56 Å². The second kappa shape index (κ2) is 8.92. The van der Waals surface area contributed by atoms with Gasteiger partial charge in [-0.05, 0) is 35.9 Å². The van der Waals surface area contributed by atoms with Crippen molar-refractivity contribution in [2.75, 3.05) is 18.4 Å². The lowest BCUT2D eigenvalue weighted by atomic mass is 10.2. The lowest BCUT2D eigenvalue weighted by Crippen LogP contribution is -2.27. The van der Waals surface area contributed by atoms with Gasteiger partial charge < -0.3 is 10.6 Å². The molecule has 0 radical (unpaired) electrons. The zero-order chi connectivity index (χ0) is 17.4. The first-order valence-corrected chi connectivity index (χ1v) is 7.85. The third kappa shape index (κ3) is 5.27. The lowest BCUT2D eigenvalue weighted by Gasteiger charge is -2.07. The molecule has 0 aliphatic carbocycles. The highest BCUT2D eigenvalue weighted by molar-refractivity contribution is 6.42. The first-order valence-electron chi connectivity index (χ1n) is 7.10. The Morgan fingerprint density at radius 1 is 1.25 bits per heavy atom. The minimum Gasteiger partial charge on any atom is -0.367 e. The van der Waals surface area contributed by atoms with Crippen LogP contribution in [0.25, 0.3) is 6.08 Å². The molecule has 0 bridgehead atoms. The Morgan fingerprint density at radius 3 is 2.83 bits per heavy atom. The third-order valence-electron chi connectivity index (χ3n) is 3.02. The van der Waals surface area contributed by atoms with Crippen LogP contribution in [0.4, 0.5) is 5.82 Å². The summed E-state index contributed by atoms with van der Waals surface area (Å²) >= 11 is 11.7. The molecule has 1 amide bonds. The molecule has 0 aliphatic heterocycles. The van der Waals surface area contributed by atoms with Crippen LogP contribution in [0.15, 0.2) is 42.6 Å². The lowest BCUT2D eigenvalue weighted by molar-refractivity contribution is -0.116. The van der Waals surface area contributed by atoms with E-state index in [0.29, 0.717) is 34.5 Å². The molecule has 2 N–H and O–H groups in total. The van der Waals surface area contributed by atoms with E-state index >= 15 is 0 Å². The Morgan fingerprint density at radius 2 is 2.08 bits per heavy atom. The summed E-state index contributed by atoms with van der Waals surface area (Å²) in [6, 6.07) is 10.5. The maximum atomic E-state index is 11.7. The van der Waals surface area contributed by atoms with E-state index in [-0.39, 0.29) is 5.91 Å². The zero-order valence-corrected chi connectivity index (χ0v) is 14.1. The summed E-state index contributed by atoms with van der Waals surface area (Å²) in [5, 5.41) is 15.6. The number of carbonyl (C=O) groups is 1. The van der Waals surface area contributed by atoms with Crippen LogP contribution in [0.3, 0.4) is 0 Å². The van der Waals surface area contributed by atoms with Gasteiger partial charge in [0.25, 0.3) is 0 Å². The molecular weight excluding hydrogens is 347 g/mol. The van der Waals surface area contributed by atoms with Crippen LogP contribution in [0.5, 0.6) is 0 Å². The van der Waals surface area contributed by atoms with Crippen molar-refractivity contribution >= 4 is 41.0 Å². The van der Waals surface area contributed by atoms with Gasteiger partial charge in [-0.25, -0.2) is 4.98 Å². The van der Waals surface area contributed by atoms with Crippen LogP contribution >= 0.6 is 23.2 Å². The van der Waals surface area contributed by atoms with Crippen molar-refractivity contribution in [1.82, 2.24) is 10.3 Å². The van der Waals surface area contributed by atoms with Crippen molar-refractivity contribution in [3.8, 4) is 6.07 Å². The van der Waals surface area contributed by atoms with E-state index in [4.69, 9.17) is 28.5 Å². The molecule has 1 aromatic carbocycles. The Bertz CT molecular complexity index is 799. The summed E-state index contributed by atoms with van der Waals surface area (Å²) in [5.41, 5.74) is 1.24. The van der Waals surface area contributed by atoms with E-state index in [1.165, 1.54) is 6.08 Å². The summed E-state index contributed by atoms with van der Waals surface area (Å²) in [6.45, 7) is 0.851. The topological polar surface area (TPSA) is 77.8 Å². The number of halogens is 2. The molecule has 5 nitrogen and oxygen atoms in total. The van der Waals surface area contributed by atoms with Gasteiger partial charge in [-0.1, -0.05) is 29.3 Å². The van der Waals surface area contributed by atoms with E-state index in [9.17, 15) is 4.79 Å². The maximum Gasteiger partial charge on any atom is 0.244 e. The van der Waals surface area contributed by atoms with Crippen molar-refractivity contribution in [3.63, 3.8) is 0 Å². The SMILES string of the molecule is N#Cc1cccnc1NCCNC(=O)/C=C/c1ccc(Cl)c(Cl)c1. The normalized spacial score (nSPS) is 10.4. The first-order chi connectivity index (χ1) is 11.6. The molecule has 0 saturated heterocycles. The first kappa shape index (κ1) is 17.8. The molecule has 0 aliphatic rings. The fourth-order valence-electron chi connectivity index (χ4n) is 1.85. The smallest absolute Gasteiger partial charge is 0.244 e. The largest absolute Gasteiger partial charge is 0.367 e. The quantitative estimate of drug-likeness (QED) is 0.610. The molecule has 0 spiro atoms. The van der Waals surface area contributed by atoms with Crippen LogP contribution in [0.2, 0.25) is 10.0 Å². The summed E-state index contributed by atoms with van der Waals surface area (Å²) in [4.78, 5) is 15.8. The highest BCUT2D eigenvalue weighted by atomic mass is 35.5. The number of rotatable bonds is 6. The highest BCUT2D eigenvalue weighted by Crippen LogP contribution is 2.23. The monoisotopic (exact) mass is 360 g/mol. The number of amides is 1. The molecule has 24 heavy (non-hydrogen) atoms.